The minimum atomic E-state index is -0.734. The largest absolute Gasteiger partial charge is 0.481 e. The lowest BCUT2D eigenvalue weighted by atomic mass is 9.49. The Labute approximate surface area is 211 Å². The molecule has 1 aromatic heterocycles. The Morgan fingerprint density at radius 3 is 2.29 bits per heavy atom. The lowest BCUT2D eigenvalue weighted by molar-refractivity contribution is -0.149. The lowest BCUT2D eigenvalue weighted by Crippen LogP contribution is -2.51. The number of fused-ring (bicyclic) bond motifs is 1. The average Bonchev–Trinajstić information content (AvgIpc) is 2.82. The van der Waals surface area contributed by atoms with Gasteiger partial charge >= 0.3 is 5.97 Å². The quantitative estimate of drug-likeness (QED) is 0.570. The van der Waals surface area contributed by atoms with E-state index in [1.807, 2.05) is 25.1 Å². The fraction of sp³-hybridized carbons (Fsp3) is 0.607. The summed E-state index contributed by atoms with van der Waals surface area (Å²) < 4.78 is 0. The van der Waals surface area contributed by atoms with Crippen molar-refractivity contribution in [2.24, 2.45) is 28.6 Å². The maximum atomic E-state index is 13.4. The van der Waals surface area contributed by atoms with E-state index < -0.39 is 11.4 Å². The molecule has 5 fully saturated rings. The second-order valence-electron chi connectivity index (χ2n) is 12.1. The molecular formula is C28H34ClN3O3. The van der Waals surface area contributed by atoms with E-state index in [9.17, 15) is 14.7 Å². The number of carbonyl (C=O) groups excluding carboxylic acids is 1. The number of pyridine rings is 1. The molecule has 35 heavy (non-hydrogen) atoms. The molecule has 0 spiro atoms. The van der Waals surface area contributed by atoms with Crippen LogP contribution in [0.3, 0.4) is 0 Å². The molecule has 2 heterocycles. The summed E-state index contributed by atoms with van der Waals surface area (Å²) in [6, 6.07) is 7.49. The molecule has 6 nitrogen and oxygen atoms in total. The Kier molecular flexibility index (Phi) is 5.51. The molecule has 2 aromatic rings. The normalized spacial score (nSPS) is 31.0. The number of halogens is 1. The number of nitrogens with one attached hydrogen (secondary N) is 1. The summed E-state index contributed by atoms with van der Waals surface area (Å²) in [7, 11) is 0. The molecule has 0 atom stereocenters. The first-order valence-electron chi connectivity index (χ1n) is 13.1. The number of amides is 1. The molecule has 1 saturated heterocycles. The van der Waals surface area contributed by atoms with Crippen LogP contribution in [0.15, 0.2) is 24.3 Å². The van der Waals surface area contributed by atoms with Crippen LogP contribution in [0.1, 0.15) is 68.6 Å². The van der Waals surface area contributed by atoms with Crippen molar-refractivity contribution in [2.75, 3.05) is 24.5 Å². The Balaban J connectivity index is 1.20. The van der Waals surface area contributed by atoms with Crippen LogP contribution in [0.25, 0.3) is 10.9 Å². The minimum absolute atomic E-state index is 0.110. The molecular weight excluding hydrogens is 462 g/mol. The van der Waals surface area contributed by atoms with E-state index in [4.69, 9.17) is 16.6 Å². The third-order valence-corrected chi connectivity index (χ3v) is 9.84. The highest BCUT2D eigenvalue weighted by Gasteiger charge is 2.50. The van der Waals surface area contributed by atoms with E-state index in [0.717, 1.165) is 41.0 Å². The van der Waals surface area contributed by atoms with Crippen LogP contribution in [0.5, 0.6) is 0 Å². The summed E-state index contributed by atoms with van der Waals surface area (Å²) in [6.45, 7) is 3.85. The third kappa shape index (κ3) is 4.08. The molecule has 5 aliphatic rings. The highest BCUT2D eigenvalue weighted by Crippen LogP contribution is 2.59. The predicted molar refractivity (Wildman–Crippen MR) is 137 cm³/mol. The number of aromatic nitrogens is 1. The summed E-state index contributed by atoms with van der Waals surface area (Å²) >= 11 is 6.55. The van der Waals surface area contributed by atoms with Gasteiger partial charge in [0.25, 0.3) is 5.91 Å². The van der Waals surface area contributed by atoms with Crippen LogP contribution in [0.4, 0.5) is 5.82 Å². The number of rotatable bonds is 5. The molecule has 4 saturated carbocycles. The number of carboxylic acid groups (broad SMARTS) is 1. The number of aliphatic carboxylic acids is 1. The molecule has 7 rings (SSSR count). The first kappa shape index (κ1) is 23.1. The van der Waals surface area contributed by atoms with E-state index in [2.05, 4.69) is 10.2 Å². The van der Waals surface area contributed by atoms with Crippen molar-refractivity contribution in [3.8, 4) is 0 Å². The van der Waals surface area contributed by atoms with E-state index >= 15 is 0 Å². The van der Waals surface area contributed by atoms with Crippen LogP contribution >= 0.6 is 11.6 Å². The minimum Gasteiger partial charge on any atom is -0.481 e. The van der Waals surface area contributed by atoms with Gasteiger partial charge < -0.3 is 15.3 Å². The molecule has 186 valence electrons. The Bertz CT molecular complexity index is 1150. The molecule has 2 N–H and O–H groups in total. The van der Waals surface area contributed by atoms with Crippen molar-refractivity contribution >= 4 is 40.2 Å². The highest BCUT2D eigenvalue weighted by molar-refractivity contribution is 6.35. The number of carboxylic acids is 1. The zero-order valence-electron chi connectivity index (χ0n) is 20.4. The summed E-state index contributed by atoms with van der Waals surface area (Å²) in [5, 5.41) is 14.0. The topological polar surface area (TPSA) is 82.5 Å². The second-order valence-corrected chi connectivity index (χ2v) is 12.5. The molecule has 4 aliphatic carbocycles. The number of piperidine rings is 1. The zero-order valence-corrected chi connectivity index (χ0v) is 21.1. The zero-order chi connectivity index (χ0) is 24.4. The first-order chi connectivity index (χ1) is 16.7. The average molecular weight is 496 g/mol. The Morgan fingerprint density at radius 2 is 1.69 bits per heavy atom. The van der Waals surface area contributed by atoms with Gasteiger partial charge in [-0.2, -0.15) is 0 Å². The van der Waals surface area contributed by atoms with Gasteiger partial charge in [-0.25, -0.2) is 4.98 Å². The van der Waals surface area contributed by atoms with Gasteiger partial charge in [0.1, 0.15) is 5.82 Å². The van der Waals surface area contributed by atoms with Gasteiger partial charge in [0.05, 0.1) is 21.5 Å². The van der Waals surface area contributed by atoms with Crippen LogP contribution < -0.4 is 10.2 Å². The molecule has 1 aliphatic heterocycles. The fourth-order valence-electron chi connectivity index (χ4n) is 7.88. The van der Waals surface area contributed by atoms with E-state index in [0.29, 0.717) is 36.5 Å². The number of anilines is 1. The maximum absolute atomic E-state index is 13.4. The van der Waals surface area contributed by atoms with Crippen molar-refractivity contribution in [1.29, 1.82) is 0 Å². The van der Waals surface area contributed by atoms with Crippen molar-refractivity contribution in [1.82, 2.24) is 10.3 Å². The predicted octanol–water partition coefficient (Wildman–Crippen LogP) is 5.53. The van der Waals surface area contributed by atoms with Gasteiger partial charge in [0.2, 0.25) is 0 Å². The lowest BCUT2D eigenvalue weighted by Gasteiger charge is -2.56. The second kappa shape index (κ2) is 8.36. The first-order valence-corrected chi connectivity index (χ1v) is 13.5. The smallest absolute Gasteiger partial charge is 0.309 e. The van der Waals surface area contributed by atoms with E-state index in [1.54, 1.807) is 6.07 Å². The Hall–Kier alpha value is -2.34. The van der Waals surface area contributed by atoms with Crippen molar-refractivity contribution in [3.63, 3.8) is 0 Å². The van der Waals surface area contributed by atoms with Crippen LogP contribution in [0.2, 0.25) is 5.02 Å². The van der Waals surface area contributed by atoms with Crippen LogP contribution in [0, 0.1) is 28.6 Å². The van der Waals surface area contributed by atoms with Gasteiger partial charge in [0, 0.05) is 25.0 Å². The van der Waals surface area contributed by atoms with Gasteiger partial charge in [-0.05, 0) is 106 Å². The molecule has 1 aromatic carbocycles. The molecule has 1 amide bonds. The summed E-state index contributed by atoms with van der Waals surface area (Å²) in [6.07, 6.45) is 9.11. The fourth-order valence-corrected chi connectivity index (χ4v) is 8.13. The summed E-state index contributed by atoms with van der Waals surface area (Å²) in [5.41, 5.74) is 0.831. The number of hydrogen-bond donors (Lipinski definition) is 2. The number of nitrogens with zero attached hydrogens (tertiary/aromatic N) is 2. The molecule has 7 heteroatoms. The highest BCUT2D eigenvalue weighted by atomic mass is 35.5. The van der Waals surface area contributed by atoms with E-state index in [1.165, 1.54) is 38.5 Å². The maximum Gasteiger partial charge on any atom is 0.309 e. The summed E-state index contributed by atoms with van der Waals surface area (Å²) in [4.78, 5) is 31.9. The van der Waals surface area contributed by atoms with Gasteiger partial charge in [-0.15, -0.1) is 0 Å². The van der Waals surface area contributed by atoms with Crippen LogP contribution in [-0.4, -0.2) is 41.6 Å². The number of carbonyl (C=O) groups is 2. The monoisotopic (exact) mass is 495 g/mol. The van der Waals surface area contributed by atoms with Crippen molar-refractivity contribution in [2.45, 2.75) is 58.3 Å². The number of hydrogen-bond acceptors (Lipinski definition) is 4. The molecule has 0 unspecified atom stereocenters. The third-order valence-electron chi connectivity index (χ3n) is 9.53. The Morgan fingerprint density at radius 1 is 1.06 bits per heavy atom. The van der Waals surface area contributed by atoms with Gasteiger partial charge in [0.15, 0.2) is 0 Å². The van der Waals surface area contributed by atoms with E-state index in [-0.39, 0.29) is 11.3 Å². The van der Waals surface area contributed by atoms with Crippen molar-refractivity contribution < 1.29 is 14.7 Å². The van der Waals surface area contributed by atoms with Gasteiger partial charge in [-0.3, -0.25) is 9.59 Å². The SMILES string of the molecule is CC1(C(=O)O)CCN(c2ccc3c(C(=O)NCC45CC6CC(CC(C6)C4)C5)c(Cl)ccc3n2)CC1. The number of benzene rings is 1. The van der Waals surface area contributed by atoms with Gasteiger partial charge in [-0.1, -0.05) is 11.6 Å². The van der Waals surface area contributed by atoms with Crippen molar-refractivity contribution in [3.05, 3.63) is 34.9 Å². The standard InChI is InChI=1S/C28H34ClN3O3/c1-27(26(34)35)6-8-32(9-7-27)23-5-2-20-22(31-23)4-3-21(29)24(20)25(33)30-16-28-13-17-10-18(14-28)12-19(11-17)15-28/h2-5,17-19H,6-16H2,1H3,(H,30,33)(H,34,35). The van der Waals surface area contributed by atoms with Crippen LogP contribution in [-0.2, 0) is 4.79 Å². The summed E-state index contributed by atoms with van der Waals surface area (Å²) in [5.74, 6) is 2.52. The molecule has 0 radical (unpaired) electrons. The molecule has 4 bridgehead atoms.